The number of thiophene rings is 1. The molecule has 5 nitrogen and oxygen atoms in total. The summed E-state index contributed by atoms with van der Waals surface area (Å²) in [5.74, 6) is 0.694. The van der Waals surface area contributed by atoms with Gasteiger partial charge in [0.1, 0.15) is 5.00 Å². The number of anilines is 1. The summed E-state index contributed by atoms with van der Waals surface area (Å²) in [5, 5.41) is 9.84. The fourth-order valence-corrected chi connectivity index (χ4v) is 3.74. The third-order valence-electron chi connectivity index (χ3n) is 3.81. The maximum atomic E-state index is 12.6. The molecule has 0 aromatic carbocycles. The number of aromatic nitrogens is 2. The molecule has 1 aliphatic rings. The van der Waals surface area contributed by atoms with E-state index in [0.29, 0.717) is 0 Å². The number of nitrogens with one attached hydrogen (secondary N) is 1. The molecule has 1 N–H and O–H groups in total. The lowest BCUT2D eigenvalue weighted by atomic mass is 10.0. The van der Waals surface area contributed by atoms with Crippen LogP contribution in [0.3, 0.4) is 0 Å². The van der Waals surface area contributed by atoms with E-state index in [1.807, 2.05) is 36.6 Å². The number of rotatable bonds is 4. The Morgan fingerprint density at radius 3 is 2.91 bits per heavy atom. The van der Waals surface area contributed by atoms with Gasteiger partial charge in [-0.2, -0.15) is 4.37 Å². The van der Waals surface area contributed by atoms with Gasteiger partial charge in [-0.15, -0.1) is 11.3 Å². The summed E-state index contributed by atoms with van der Waals surface area (Å²) in [4.78, 5) is 13.6. The first-order valence-electron chi connectivity index (χ1n) is 6.93. The fourth-order valence-electron chi connectivity index (χ4n) is 2.41. The molecule has 1 fully saturated rings. The Balaban J connectivity index is 1.57. The van der Waals surface area contributed by atoms with Crippen LogP contribution in [0, 0.1) is 6.92 Å². The van der Waals surface area contributed by atoms with E-state index in [0.717, 1.165) is 39.9 Å². The van der Waals surface area contributed by atoms with Crippen molar-refractivity contribution in [3.05, 3.63) is 41.0 Å². The Bertz CT molecular complexity index is 816. The van der Waals surface area contributed by atoms with Crippen molar-refractivity contribution in [2.75, 3.05) is 5.32 Å². The van der Waals surface area contributed by atoms with E-state index < -0.39 is 5.41 Å². The minimum atomic E-state index is -0.545. The van der Waals surface area contributed by atoms with Gasteiger partial charge in [0.05, 0.1) is 21.7 Å². The van der Waals surface area contributed by atoms with Crippen LogP contribution in [0.4, 0.5) is 5.00 Å². The number of hydrogen-bond acceptors (Lipinski definition) is 6. The SMILES string of the molecule is Cc1cc(NC(=O)C2(c3cc(-c4cccs4)on3)CC2)sn1. The van der Waals surface area contributed by atoms with E-state index in [2.05, 4.69) is 14.8 Å². The van der Waals surface area contributed by atoms with Crippen LogP contribution in [0.25, 0.3) is 10.6 Å². The van der Waals surface area contributed by atoms with Crippen molar-refractivity contribution in [3.63, 3.8) is 0 Å². The van der Waals surface area contributed by atoms with Crippen LogP contribution in [-0.4, -0.2) is 15.4 Å². The summed E-state index contributed by atoms with van der Waals surface area (Å²) in [6.07, 6.45) is 1.60. The predicted octanol–water partition coefficient (Wildman–Crippen LogP) is 3.84. The number of nitrogens with zero attached hydrogens (tertiary/aromatic N) is 2. The molecule has 1 amide bonds. The quantitative estimate of drug-likeness (QED) is 0.789. The summed E-state index contributed by atoms with van der Waals surface area (Å²) >= 11 is 2.89. The predicted molar refractivity (Wildman–Crippen MR) is 86.2 cm³/mol. The molecule has 0 saturated heterocycles. The van der Waals surface area contributed by atoms with Crippen molar-refractivity contribution in [1.29, 1.82) is 0 Å². The first kappa shape index (κ1) is 13.7. The van der Waals surface area contributed by atoms with Crippen LogP contribution < -0.4 is 5.32 Å². The summed E-state index contributed by atoms with van der Waals surface area (Å²) in [6, 6.07) is 7.71. The highest BCUT2D eigenvalue weighted by Gasteiger charge is 2.54. The van der Waals surface area contributed by atoms with E-state index >= 15 is 0 Å². The van der Waals surface area contributed by atoms with Gasteiger partial charge < -0.3 is 9.84 Å². The molecule has 1 saturated carbocycles. The molecule has 22 heavy (non-hydrogen) atoms. The second-order valence-electron chi connectivity index (χ2n) is 5.42. The number of carbonyl (C=O) groups is 1. The van der Waals surface area contributed by atoms with Crippen LogP contribution >= 0.6 is 22.9 Å². The number of amides is 1. The maximum Gasteiger partial charge on any atom is 0.237 e. The standard InChI is InChI=1S/C15H13N3O2S2/c1-9-7-13(22-18-9)16-14(19)15(4-5-15)12-8-10(20-17-12)11-3-2-6-21-11/h2-3,6-8H,4-5H2,1H3,(H,16,19). The zero-order valence-corrected chi connectivity index (χ0v) is 13.5. The molecule has 0 unspecified atom stereocenters. The van der Waals surface area contributed by atoms with E-state index in [1.54, 1.807) is 11.3 Å². The Labute approximate surface area is 135 Å². The Kier molecular flexibility index (Phi) is 3.12. The van der Waals surface area contributed by atoms with Crippen LogP contribution in [-0.2, 0) is 10.2 Å². The van der Waals surface area contributed by atoms with Gasteiger partial charge in [0.15, 0.2) is 5.76 Å². The van der Waals surface area contributed by atoms with Crippen molar-refractivity contribution in [3.8, 4) is 10.6 Å². The Morgan fingerprint density at radius 2 is 2.27 bits per heavy atom. The molecule has 3 aromatic rings. The van der Waals surface area contributed by atoms with E-state index in [1.165, 1.54) is 11.5 Å². The molecule has 0 aliphatic heterocycles. The zero-order valence-electron chi connectivity index (χ0n) is 11.8. The molecule has 4 rings (SSSR count). The normalized spacial score (nSPS) is 15.7. The first-order chi connectivity index (χ1) is 10.7. The lowest BCUT2D eigenvalue weighted by molar-refractivity contribution is -0.118. The Morgan fingerprint density at radius 1 is 1.41 bits per heavy atom. The minimum absolute atomic E-state index is 0.0258. The van der Waals surface area contributed by atoms with Crippen molar-refractivity contribution in [1.82, 2.24) is 9.53 Å². The molecule has 3 aromatic heterocycles. The van der Waals surface area contributed by atoms with Gasteiger partial charge in [0.25, 0.3) is 0 Å². The smallest absolute Gasteiger partial charge is 0.237 e. The molecule has 0 spiro atoms. The highest BCUT2D eigenvalue weighted by Crippen LogP contribution is 2.49. The monoisotopic (exact) mass is 331 g/mol. The lowest BCUT2D eigenvalue weighted by Gasteiger charge is -2.10. The van der Waals surface area contributed by atoms with Crippen LogP contribution in [0.15, 0.2) is 34.2 Å². The average molecular weight is 331 g/mol. The Hall–Kier alpha value is -1.99. The van der Waals surface area contributed by atoms with Gasteiger partial charge >= 0.3 is 0 Å². The summed E-state index contributed by atoms with van der Waals surface area (Å²) < 4.78 is 9.59. The van der Waals surface area contributed by atoms with Crippen LogP contribution in [0.2, 0.25) is 0 Å². The van der Waals surface area contributed by atoms with Gasteiger partial charge in [-0.05, 0) is 48.8 Å². The fraction of sp³-hybridized carbons (Fsp3) is 0.267. The minimum Gasteiger partial charge on any atom is -0.355 e. The molecule has 1 aliphatic carbocycles. The summed E-state index contributed by atoms with van der Waals surface area (Å²) in [6.45, 7) is 1.91. The largest absolute Gasteiger partial charge is 0.355 e. The molecular weight excluding hydrogens is 318 g/mol. The second kappa shape index (κ2) is 5.03. The van der Waals surface area contributed by atoms with Gasteiger partial charge in [0, 0.05) is 6.07 Å². The van der Waals surface area contributed by atoms with Crippen molar-refractivity contribution >= 4 is 33.8 Å². The molecule has 7 heteroatoms. The molecule has 0 radical (unpaired) electrons. The molecule has 112 valence electrons. The van der Waals surface area contributed by atoms with Crippen molar-refractivity contribution in [2.45, 2.75) is 25.2 Å². The number of hydrogen-bond donors (Lipinski definition) is 1. The molecular formula is C15H13N3O2S2. The highest BCUT2D eigenvalue weighted by atomic mass is 32.1. The maximum absolute atomic E-state index is 12.6. The molecule has 0 bridgehead atoms. The average Bonchev–Trinajstić information content (AvgIpc) is 2.93. The zero-order chi connectivity index (χ0) is 15.2. The second-order valence-corrected chi connectivity index (χ2v) is 7.18. The van der Waals surface area contributed by atoms with E-state index in [9.17, 15) is 4.79 Å². The summed E-state index contributed by atoms with van der Waals surface area (Å²) in [7, 11) is 0. The van der Waals surface area contributed by atoms with Crippen LogP contribution in [0.1, 0.15) is 24.2 Å². The third-order valence-corrected chi connectivity index (χ3v) is 5.49. The van der Waals surface area contributed by atoms with Crippen molar-refractivity contribution < 1.29 is 9.32 Å². The number of aryl methyl sites for hydroxylation is 1. The van der Waals surface area contributed by atoms with Gasteiger partial charge in [-0.1, -0.05) is 11.2 Å². The van der Waals surface area contributed by atoms with E-state index in [4.69, 9.17) is 4.52 Å². The van der Waals surface area contributed by atoms with Gasteiger partial charge in [-0.3, -0.25) is 4.79 Å². The number of carbonyl (C=O) groups excluding carboxylic acids is 1. The van der Waals surface area contributed by atoms with Gasteiger partial charge in [-0.25, -0.2) is 0 Å². The third kappa shape index (κ3) is 2.26. The first-order valence-corrected chi connectivity index (χ1v) is 8.58. The van der Waals surface area contributed by atoms with E-state index in [-0.39, 0.29) is 5.91 Å². The van der Waals surface area contributed by atoms with Crippen molar-refractivity contribution in [2.24, 2.45) is 0 Å². The molecule has 3 heterocycles. The lowest BCUT2D eigenvalue weighted by Crippen LogP contribution is -2.27. The highest BCUT2D eigenvalue weighted by molar-refractivity contribution is 7.13. The molecule has 0 atom stereocenters. The van der Waals surface area contributed by atoms with Gasteiger partial charge in [0.2, 0.25) is 5.91 Å². The topological polar surface area (TPSA) is 68.0 Å². The summed E-state index contributed by atoms with van der Waals surface area (Å²) in [5.41, 5.74) is 1.08. The van der Waals surface area contributed by atoms with Crippen LogP contribution in [0.5, 0.6) is 0 Å².